The monoisotopic (exact) mass is 334 g/mol. The summed E-state index contributed by atoms with van der Waals surface area (Å²) in [5.74, 6) is 0.899. The molecule has 0 unspecified atom stereocenters. The molecule has 0 aliphatic carbocycles. The molecular weight excluding hydrogens is 316 g/mol. The molecule has 1 N–H and O–H groups in total. The van der Waals surface area contributed by atoms with E-state index in [0.29, 0.717) is 5.95 Å². The average Bonchev–Trinajstić information content (AvgIpc) is 2.69. The molecule has 4 rings (SSSR count). The highest BCUT2D eigenvalue weighted by molar-refractivity contribution is 5.55. The molecule has 25 heavy (non-hydrogen) atoms. The Bertz CT molecular complexity index is 910. The van der Waals surface area contributed by atoms with Crippen LogP contribution in [0, 0.1) is 0 Å². The van der Waals surface area contributed by atoms with Crippen LogP contribution in [-0.4, -0.2) is 38.0 Å². The maximum atomic E-state index is 11.5. The summed E-state index contributed by atoms with van der Waals surface area (Å²) in [4.78, 5) is 34.1. The lowest BCUT2D eigenvalue weighted by Gasteiger charge is -2.32. The number of aromatic amines is 1. The lowest BCUT2D eigenvalue weighted by Crippen LogP contribution is -2.36. The molecule has 1 atom stereocenters. The molecule has 3 aromatic rings. The Labute approximate surface area is 144 Å². The second kappa shape index (κ2) is 6.80. The van der Waals surface area contributed by atoms with Crippen molar-refractivity contribution in [1.29, 1.82) is 0 Å². The fourth-order valence-electron chi connectivity index (χ4n) is 3.16. The second-order valence-electron chi connectivity index (χ2n) is 6.08. The van der Waals surface area contributed by atoms with Crippen LogP contribution in [0.15, 0.2) is 53.8 Å². The summed E-state index contributed by atoms with van der Waals surface area (Å²) in [7, 11) is 0. The Morgan fingerprint density at radius 3 is 2.88 bits per heavy atom. The minimum atomic E-state index is -0.115. The summed E-state index contributed by atoms with van der Waals surface area (Å²) >= 11 is 0. The van der Waals surface area contributed by atoms with E-state index < -0.39 is 0 Å². The van der Waals surface area contributed by atoms with Crippen molar-refractivity contribution in [1.82, 2.24) is 24.9 Å². The SMILES string of the molecule is O=c1cc([C@@H]2CCCN(c3nccc(-c4ccccn4)n3)C2)nc[nH]1. The van der Waals surface area contributed by atoms with Gasteiger partial charge in [0.1, 0.15) is 0 Å². The number of pyridine rings is 1. The van der Waals surface area contributed by atoms with Crippen molar-refractivity contribution >= 4 is 5.95 Å². The summed E-state index contributed by atoms with van der Waals surface area (Å²) < 4.78 is 0. The van der Waals surface area contributed by atoms with Gasteiger partial charge < -0.3 is 9.88 Å². The van der Waals surface area contributed by atoms with Crippen LogP contribution in [0.4, 0.5) is 5.95 Å². The van der Waals surface area contributed by atoms with Crippen LogP contribution in [0.3, 0.4) is 0 Å². The van der Waals surface area contributed by atoms with Gasteiger partial charge in [0.25, 0.3) is 5.56 Å². The fraction of sp³-hybridized carbons (Fsp3) is 0.278. The molecule has 0 saturated carbocycles. The minimum Gasteiger partial charge on any atom is -0.340 e. The van der Waals surface area contributed by atoms with Gasteiger partial charge in [-0.1, -0.05) is 6.07 Å². The Balaban J connectivity index is 1.58. The first-order valence-corrected chi connectivity index (χ1v) is 8.33. The van der Waals surface area contributed by atoms with E-state index in [9.17, 15) is 4.79 Å². The molecule has 3 aromatic heterocycles. The maximum Gasteiger partial charge on any atom is 0.250 e. The number of hydrogen-bond donors (Lipinski definition) is 1. The number of rotatable bonds is 3. The van der Waals surface area contributed by atoms with E-state index >= 15 is 0 Å². The molecule has 0 aromatic carbocycles. The van der Waals surface area contributed by atoms with E-state index in [0.717, 1.165) is 43.0 Å². The molecule has 4 heterocycles. The van der Waals surface area contributed by atoms with Crippen molar-refractivity contribution in [2.24, 2.45) is 0 Å². The summed E-state index contributed by atoms with van der Waals surface area (Å²) in [5, 5.41) is 0. The van der Waals surface area contributed by atoms with Gasteiger partial charge in [-0.05, 0) is 31.0 Å². The van der Waals surface area contributed by atoms with Gasteiger partial charge in [0, 0.05) is 37.5 Å². The molecule has 1 saturated heterocycles. The predicted molar refractivity (Wildman–Crippen MR) is 94.3 cm³/mol. The van der Waals surface area contributed by atoms with E-state index in [1.54, 1.807) is 18.5 Å². The number of piperidine rings is 1. The summed E-state index contributed by atoms with van der Waals surface area (Å²) in [6.45, 7) is 1.65. The van der Waals surface area contributed by atoms with Gasteiger partial charge in [0.15, 0.2) is 0 Å². The predicted octanol–water partition coefficient (Wildman–Crippen LogP) is 2.01. The topological polar surface area (TPSA) is 87.7 Å². The van der Waals surface area contributed by atoms with Crippen molar-refractivity contribution in [3.05, 3.63) is 65.1 Å². The zero-order valence-electron chi connectivity index (χ0n) is 13.7. The molecular formula is C18H18N6O. The van der Waals surface area contributed by atoms with Crippen molar-refractivity contribution < 1.29 is 0 Å². The largest absolute Gasteiger partial charge is 0.340 e. The van der Waals surface area contributed by atoms with Crippen LogP contribution in [0.1, 0.15) is 24.5 Å². The fourth-order valence-corrected chi connectivity index (χ4v) is 3.16. The van der Waals surface area contributed by atoms with E-state index in [1.165, 1.54) is 6.33 Å². The van der Waals surface area contributed by atoms with Crippen molar-refractivity contribution in [2.45, 2.75) is 18.8 Å². The first-order valence-electron chi connectivity index (χ1n) is 8.33. The molecule has 0 bridgehead atoms. The summed E-state index contributed by atoms with van der Waals surface area (Å²) in [5.41, 5.74) is 2.35. The second-order valence-corrected chi connectivity index (χ2v) is 6.08. The molecule has 1 aliphatic heterocycles. The quantitative estimate of drug-likeness (QED) is 0.788. The lowest BCUT2D eigenvalue weighted by molar-refractivity contribution is 0.494. The Hall–Kier alpha value is -3.09. The molecule has 126 valence electrons. The summed E-state index contributed by atoms with van der Waals surface area (Å²) in [6.07, 6.45) is 7.01. The van der Waals surface area contributed by atoms with Crippen LogP contribution in [0.25, 0.3) is 11.4 Å². The van der Waals surface area contributed by atoms with Gasteiger partial charge in [0.2, 0.25) is 5.95 Å². The maximum absolute atomic E-state index is 11.5. The minimum absolute atomic E-state index is 0.115. The first-order chi connectivity index (χ1) is 12.3. The molecule has 7 nitrogen and oxygen atoms in total. The molecule has 1 fully saturated rings. The third-order valence-corrected chi connectivity index (χ3v) is 4.39. The molecule has 1 aliphatic rings. The third-order valence-electron chi connectivity index (χ3n) is 4.39. The smallest absolute Gasteiger partial charge is 0.250 e. The molecule has 0 amide bonds. The van der Waals surface area contributed by atoms with Gasteiger partial charge in [-0.2, -0.15) is 0 Å². The average molecular weight is 334 g/mol. The lowest BCUT2D eigenvalue weighted by atomic mass is 9.95. The zero-order chi connectivity index (χ0) is 17.1. The van der Waals surface area contributed by atoms with Crippen LogP contribution < -0.4 is 10.5 Å². The molecule has 7 heteroatoms. The highest BCUT2D eigenvalue weighted by Crippen LogP contribution is 2.27. The van der Waals surface area contributed by atoms with Gasteiger partial charge >= 0.3 is 0 Å². The number of H-pyrrole nitrogens is 1. The number of hydrogen-bond acceptors (Lipinski definition) is 6. The van der Waals surface area contributed by atoms with Crippen LogP contribution >= 0.6 is 0 Å². The van der Waals surface area contributed by atoms with Gasteiger partial charge in [-0.15, -0.1) is 0 Å². The standard InChI is InChI=1S/C18H18N6O/c25-17-10-16(21-12-22-17)13-4-3-9-24(11-13)18-20-8-6-15(23-18)14-5-1-2-7-19-14/h1-2,5-8,10,12-13H,3-4,9,11H2,(H,21,22,25)/t13-/m1/s1. The van der Waals surface area contributed by atoms with E-state index in [2.05, 4.69) is 29.8 Å². The number of nitrogens with zero attached hydrogens (tertiary/aromatic N) is 5. The number of aromatic nitrogens is 5. The Kier molecular flexibility index (Phi) is 4.20. The highest BCUT2D eigenvalue weighted by atomic mass is 16.1. The van der Waals surface area contributed by atoms with E-state index in [4.69, 9.17) is 0 Å². The Morgan fingerprint density at radius 1 is 1.08 bits per heavy atom. The highest BCUT2D eigenvalue weighted by Gasteiger charge is 2.24. The van der Waals surface area contributed by atoms with Crippen molar-refractivity contribution in [3.8, 4) is 11.4 Å². The Morgan fingerprint density at radius 2 is 2.04 bits per heavy atom. The van der Waals surface area contributed by atoms with E-state index in [-0.39, 0.29) is 11.5 Å². The van der Waals surface area contributed by atoms with Gasteiger partial charge in [0.05, 0.1) is 23.4 Å². The van der Waals surface area contributed by atoms with E-state index in [1.807, 2.05) is 24.3 Å². The van der Waals surface area contributed by atoms with Gasteiger partial charge in [-0.3, -0.25) is 9.78 Å². The van der Waals surface area contributed by atoms with Crippen molar-refractivity contribution in [3.63, 3.8) is 0 Å². The molecule has 0 spiro atoms. The zero-order valence-corrected chi connectivity index (χ0v) is 13.7. The first kappa shape index (κ1) is 15.4. The number of nitrogens with one attached hydrogen (secondary N) is 1. The van der Waals surface area contributed by atoms with Crippen LogP contribution in [0.5, 0.6) is 0 Å². The van der Waals surface area contributed by atoms with Crippen molar-refractivity contribution in [2.75, 3.05) is 18.0 Å². The van der Waals surface area contributed by atoms with Crippen LogP contribution in [0.2, 0.25) is 0 Å². The molecule has 0 radical (unpaired) electrons. The third kappa shape index (κ3) is 3.40. The number of anilines is 1. The summed E-state index contributed by atoms with van der Waals surface area (Å²) in [6, 6.07) is 9.21. The normalized spacial score (nSPS) is 17.4. The van der Waals surface area contributed by atoms with Gasteiger partial charge in [-0.25, -0.2) is 15.0 Å². The van der Waals surface area contributed by atoms with Crippen LogP contribution in [-0.2, 0) is 0 Å².